The summed E-state index contributed by atoms with van der Waals surface area (Å²) < 4.78 is 5.28. The second-order valence-electron chi connectivity index (χ2n) is 5.10. The molecule has 22 heavy (non-hydrogen) atoms. The van der Waals surface area contributed by atoms with Crippen LogP contribution in [0.1, 0.15) is 20.9 Å². The first-order valence-electron chi connectivity index (χ1n) is 7.25. The van der Waals surface area contributed by atoms with E-state index in [-0.39, 0.29) is 0 Å². The summed E-state index contributed by atoms with van der Waals surface area (Å²) in [7, 11) is 3.48. The Hall–Kier alpha value is -2.01. The van der Waals surface area contributed by atoms with Crippen molar-refractivity contribution < 1.29 is 4.74 Å². The molecule has 0 atom stereocenters. The van der Waals surface area contributed by atoms with Crippen LogP contribution in [0.2, 0.25) is 0 Å². The van der Waals surface area contributed by atoms with Crippen LogP contribution >= 0.6 is 11.3 Å². The molecule has 5 heteroatoms. The number of thiophene rings is 1. The fourth-order valence-electron chi connectivity index (χ4n) is 2.21. The maximum absolute atomic E-state index is 5.28. The topological polar surface area (TPSA) is 45.7 Å². The van der Waals surface area contributed by atoms with E-state index in [0.717, 1.165) is 30.4 Å². The van der Waals surface area contributed by atoms with Gasteiger partial charge in [0.25, 0.3) is 0 Å². The first-order valence-corrected chi connectivity index (χ1v) is 8.07. The third-order valence-corrected chi connectivity index (χ3v) is 4.37. The van der Waals surface area contributed by atoms with Crippen LogP contribution in [0.5, 0.6) is 5.75 Å². The molecule has 0 amide bonds. The standard InChI is InChI=1S/C17H23N3OS/c1-12-9-14(6-8-16(12)21-4)10-19-17(18-3)20-11-15-7-5-13(2)22-15/h5-9H,10-11H2,1-4H3,(H2,18,19,20). The average molecular weight is 317 g/mol. The number of aryl methyl sites for hydroxylation is 2. The van der Waals surface area contributed by atoms with Crippen LogP contribution < -0.4 is 15.4 Å². The Morgan fingerprint density at radius 2 is 1.91 bits per heavy atom. The number of aliphatic imine (C=N–C) groups is 1. The molecule has 0 unspecified atom stereocenters. The highest BCUT2D eigenvalue weighted by Crippen LogP contribution is 2.18. The van der Waals surface area contributed by atoms with Crippen LogP contribution in [0, 0.1) is 13.8 Å². The van der Waals surface area contributed by atoms with Gasteiger partial charge < -0.3 is 15.4 Å². The number of benzene rings is 1. The highest BCUT2D eigenvalue weighted by Gasteiger charge is 2.03. The molecule has 0 aliphatic carbocycles. The molecule has 0 radical (unpaired) electrons. The second-order valence-corrected chi connectivity index (χ2v) is 6.47. The summed E-state index contributed by atoms with van der Waals surface area (Å²) >= 11 is 1.80. The largest absolute Gasteiger partial charge is 0.496 e. The number of guanidine groups is 1. The summed E-state index contributed by atoms with van der Waals surface area (Å²) in [5.41, 5.74) is 2.34. The Morgan fingerprint density at radius 3 is 2.50 bits per heavy atom. The Kier molecular flexibility index (Phi) is 5.83. The fraction of sp³-hybridized carbons (Fsp3) is 0.353. The van der Waals surface area contributed by atoms with Crippen molar-refractivity contribution in [2.24, 2.45) is 4.99 Å². The molecule has 4 nitrogen and oxygen atoms in total. The summed E-state index contributed by atoms with van der Waals surface area (Å²) in [5, 5.41) is 6.66. The summed E-state index contributed by atoms with van der Waals surface area (Å²) in [6.45, 7) is 5.69. The maximum atomic E-state index is 5.28. The van der Waals surface area contributed by atoms with Crippen LogP contribution in [0.15, 0.2) is 35.3 Å². The minimum atomic E-state index is 0.730. The number of hydrogen-bond donors (Lipinski definition) is 2. The number of nitrogens with zero attached hydrogens (tertiary/aromatic N) is 1. The van der Waals surface area contributed by atoms with Crippen LogP contribution in [-0.4, -0.2) is 20.1 Å². The van der Waals surface area contributed by atoms with Crippen LogP contribution in [0.25, 0.3) is 0 Å². The highest BCUT2D eigenvalue weighted by molar-refractivity contribution is 7.11. The van der Waals surface area contributed by atoms with Crippen LogP contribution in [0.3, 0.4) is 0 Å². The van der Waals surface area contributed by atoms with Gasteiger partial charge in [0.15, 0.2) is 5.96 Å². The molecule has 0 bridgehead atoms. The molecule has 2 N–H and O–H groups in total. The lowest BCUT2D eigenvalue weighted by Gasteiger charge is -2.12. The first kappa shape index (κ1) is 16.4. The molecule has 1 aromatic carbocycles. The van der Waals surface area contributed by atoms with E-state index in [1.165, 1.54) is 15.3 Å². The third-order valence-electron chi connectivity index (χ3n) is 3.37. The van der Waals surface area contributed by atoms with Gasteiger partial charge in [-0.25, -0.2) is 0 Å². The van der Waals surface area contributed by atoms with E-state index < -0.39 is 0 Å². The zero-order chi connectivity index (χ0) is 15.9. The first-order chi connectivity index (χ1) is 10.6. The Labute approximate surface area is 136 Å². The number of methoxy groups -OCH3 is 1. The van der Waals surface area contributed by atoms with E-state index in [0.29, 0.717) is 0 Å². The molecule has 0 spiro atoms. The molecule has 1 heterocycles. The molecule has 0 aliphatic heterocycles. The van der Waals surface area contributed by atoms with Gasteiger partial charge in [0.2, 0.25) is 0 Å². The molecule has 118 valence electrons. The lowest BCUT2D eigenvalue weighted by molar-refractivity contribution is 0.411. The molecule has 0 aliphatic rings. The third kappa shape index (κ3) is 4.49. The van der Waals surface area contributed by atoms with E-state index >= 15 is 0 Å². The predicted molar refractivity (Wildman–Crippen MR) is 93.8 cm³/mol. The van der Waals surface area contributed by atoms with Crippen molar-refractivity contribution in [2.75, 3.05) is 14.2 Å². The molecule has 2 rings (SSSR count). The number of hydrogen-bond acceptors (Lipinski definition) is 3. The average Bonchev–Trinajstić information content (AvgIpc) is 2.93. The fourth-order valence-corrected chi connectivity index (χ4v) is 3.04. The zero-order valence-electron chi connectivity index (χ0n) is 13.6. The van der Waals surface area contributed by atoms with Gasteiger partial charge >= 0.3 is 0 Å². The molecular weight excluding hydrogens is 294 g/mol. The Morgan fingerprint density at radius 1 is 1.14 bits per heavy atom. The van der Waals surface area contributed by atoms with E-state index in [1.54, 1.807) is 25.5 Å². The van der Waals surface area contributed by atoms with Crippen LogP contribution in [-0.2, 0) is 13.1 Å². The summed E-state index contributed by atoms with van der Waals surface area (Å²) in [4.78, 5) is 6.89. The molecular formula is C17H23N3OS. The lowest BCUT2D eigenvalue weighted by Crippen LogP contribution is -2.36. The summed E-state index contributed by atoms with van der Waals surface area (Å²) in [6, 6.07) is 10.5. The maximum Gasteiger partial charge on any atom is 0.191 e. The number of rotatable bonds is 5. The van der Waals surface area contributed by atoms with Crippen molar-refractivity contribution in [1.82, 2.24) is 10.6 Å². The second kappa shape index (κ2) is 7.84. The number of nitrogens with one attached hydrogen (secondary N) is 2. The van der Waals surface area contributed by atoms with Gasteiger partial charge in [-0.15, -0.1) is 11.3 Å². The van der Waals surface area contributed by atoms with Crippen molar-refractivity contribution >= 4 is 17.3 Å². The molecule has 2 aromatic rings. The van der Waals surface area contributed by atoms with E-state index in [9.17, 15) is 0 Å². The lowest BCUT2D eigenvalue weighted by atomic mass is 10.1. The van der Waals surface area contributed by atoms with Gasteiger partial charge in [0, 0.05) is 23.3 Å². The smallest absolute Gasteiger partial charge is 0.191 e. The molecule has 1 aromatic heterocycles. The highest BCUT2D eigenvalue weighted by atomic mass is 32.1. The van der Waals surface area contributed by atoms with Crippen molar-refractivity contribution in [3.8, 4) is 5.75 Å². The van der Waals surface area contributed by atoms with Gasteiger partial charge in [-0.1, -0.05) is 12.1 Å². The van der Waals surface area contributed by atoms with Crippen molar-refractivity contribution in [3.63, 3.8) is 0 Å². The SMILES string of the molecule is CN=C(NCc1ccc(OC)c(C)c1)NCc1ccc(C)s1. The van der Waals surface area contributed by atoms with Gasteiger partial charge in [0.1, 0.15) is 5.75 Å². The van der Waals surface area contributed by atoms with E-state index in [4.69, 9.17) is 4.74 Å². The normalized spacial score (nSPS) is 11.4. The minimum Gasteiger partial charge on any atom is -0.496 e. The van der Waals surface area contributed by atoms with E-state index in [1.807, 2.05) is 6.07 Å². The van der Waals surface area contributed by atoms with Crippen molar-refractivity contribution in [1.29, 1.82) is 0 Å². The summed E-state index contributed by atoms with van der Waals surface area (Å²) in [6.07, 6.45) is 0. The van der Waals surface area contributed by atoms with Crippen molar-refractivity contribution in [2.45, 2.75) is 26.9 Å². The minimum absolute atomic E-state index is 0.730. The molecule has 0 saturated carbocycles. The van der Waals surface area contributed by atoms with Gasteiger partial charge in [-0.3, -0.25) is 4.99 Å². The quantitative estimate of drug-likeness (QED) is 0.657. The predicted octanol–water partition coefficient (Wildman–Crippen LogP) is 3.24. The van der Waals surface area contributed by atoms with Crippen LogP contribution in [0.4, 0.5) is 0 Å². The Balaban J connectivity index is 1.87. The van der Waals surface area contributed by atoms with Gasteiger partial charge in [0.05, 0.1) is 13.7 Å². The van der Waals surface area contributed by atoms with E-state index in [2.05, 4.69) is 53.7 Å². The van der Waals surface area contributed by atoms with Crippen molar-refractivity contribution in [3.05, 3.63) is 51.2 Å². The monoisotopic (exact) mass is 317 g/mol. The molecule has 0 saturated heterocycles. The number of ether oxygens (including phenoxy) is 1. The Bertz CT molecular complexity index is 649. The zero-order valence-corrected chi connectivity index (χ0v) is 14.4. The van der Waals surface area contributed by atoms with Gasteiger partial charge in [-0.05, 0) is 43.2 Å². The van der Waals surface area contributed by atoms with Gasteiger partial charge in [-0.2, -0.15) is 0 Å². The summed E-state index contributed by atoms with van der Waals surface area (Å²) in [5.74, 6) is 1.72. The molecule has 0 fully saturated rings.